The van der Waals surface area contributed by atoms with E-state index in [1.165, 1.54) is 10.8 Å². The first kappa shape index (κ1) is 15.4. The summed E-state index contributed by atoms with van der Waals surface area (Å²) < 4.78 is 1.35. The van der Waals surface area contributed by atoms with Gasteiger partial charge in [0.15, 0.2) is 0 Å². The summed E-state index contributed by atoms with van der Waals surface area (Å²) in [5.74, 6) is -0.0537. The van der Waals surface area contributed by atoms with E-state index in [1.807, 2.05) is 35.2 Å². The van der Waals surface area contributed by atoms with Gasteiger partial charge in [0.2, 0.25) is 5.91 Å². The summed E-state index contributed by atoms with van der Waals surface area (Å²) in [6, 6.07) is 11.7. The molecule has 1 aliphatic rings. The summed E-state index contributed by atoms with van der Waals surface area (Å²) in [4.78, 5) is 32.2. The van der Waals surface area contributed by atoms with Crippen molar-refractivity contribution in [1.29, 1.82) is 0 Å². The van der Waals surface area contributed by atoms with Gasteiger partial charge >= 0.3 is 5.69 Å². The zero-order valence-corrected chi connectivity index (χ0v) is 13.1. The Labute approximate surface area is 135 Å². The van der Waals surface area contributed by atoms with Crippen LogP contribution in [0.5, 0.6) is 0 Å². The molecule has 1 saturated heterocycles. The normalized spacial score (nSPS) is 18.8. The lowest BCUT2D eigenvalue weighted by atomic mass is 10.0. The molecule has 0 spiro atoms. The molecule has 0 aliphatic carbocycles. The monoisotopic (exact) mass is 312 g/mol. The largest absolute Gasteiger partial charge is 0.347 e. The molecule has 1 amide bonds. The van der Waals surface area contributed by atoms with Crippen molar-refractivity contribution in [3.63, 3.8) is 0 Å². The zero-order chi connectivity index (χ0) is 16.2. The number of rotatable bonds is 3. The summed E-state index contributed by atoms with van der Waals surface area (Å²) in [7, 11) is 2.06. The van der Waals surface area contributed by atoms with Gasteiger partial charge in [-0.15, -0.1) is 0 Å². The lowest BCUT2D eigenvalue weighted by Gasteiger charge is -2.40. The molecule has 0 radical (unpaired) electrons. The van der Waals surface area contributed by atoms with Gasteiger partial charge < -0.3 is 9.80 Å². The van der Waals surface area contributed by atoms with Crippen molar-refractivity contribution in [2.75, 3.05) is 26.7 Å². The minimum absolute atomic E-state index is 0.00910. The predicted octanol–water partition coefficient (Wildman–Crippen LogP) is 0.759. The van der Waals surface area contributed by atoms with Crippen LogP contribution in [0.4, 0.5) is 0 Å². The van der Waals surface area contributed by atoms with Crippen LogP contribution >= 0.6 is 0 Å². The van der Waals surface area contributed by atoms with Crippen molar-refractivity contribution >= 4 is 5.91 Å². The van der Waals surface area contributed by atoms with Crippen molar-refractivity contribution in [2.24, 2.45) is 0 Å². The highest BCUT2D eigenvalue weighted by molar-refractivity contribution is 5.76. The maximum absolute atomic E-state index is 12.7. The van der Waals surface area contributed by atoms with Crippen molar-refractivity contribution in [3.05, 3.63) is 64.8 Å². The van der Waals surface area contributed by atoms with Gasteiger partial charge in [-0.1, -0.05) is 30.3 Å². The molecule has 6 nitrogen and oxygen atoms in total. The van der Waals surface area contributed by atoms with Gasteiger partial charge in [0.25, 0.3) is 0 Å². The smallest absolute Gasteiger partial charge is 0.332 e. The van der Waals surface area contributed by atoms with Crippen LogP contribution in [0.3, 0.4) is 0 Å². The summed E-state index contributed by atoms with van der Waals surface area (Å²) in [6.45, 7) is 2.30. The Balaban J connectivity index is 1.82. The number of likely N-dealkylation sites (N-methyl/N-ethyl adjacent to an activating group) is 1. The van der Waals surface area contributed by atoms with Crippen LogP contribution in [0.25, 0.3) is 0 Å². The first-order valence-electron chi connectivity index (χ1n) is 7.69. The molecule has 1 unspecified atom stereocenters. The molecule has 1 fully saturated rings. The first-order chi connectivity index (χ1) is 11.1. The van der Waals surface area contributed by atoms with Gasteiger partial charge in [0, 0.05) is 32.0 Å². The molecular formula is C17H20N4O2. The Morgan fingerprint density at radius 2 is 2.00 bits per heavy atom. The third kappa shape index (κ3) is 3.48. The molecule has 120 valence electrons. The third-order valence-corrected chi connectivity index (χ3v) is 4.18. The molecule has 0 N–H and O–H groups in total. The maximum atomic E-state index is 12.7. The van der Waals surface area contributed by atoms with Crippen LogP contribution in [0.1, 0.15) is 11.6 Å². The number of benzene rings is 1. The number of piperazine rings is 1. The lowest BCUT2D eigenvalue weighted by molar-refractivity contribution is -0.136. The van der Waals surface area contributed by atoms with Crippen LogP contribution in [0.2, 0.25) is 0 Å². The van der Waals surface area contributed by atoms with Gasteiger partial charge in [0.1, 0.15) is 6.54 Å². The number of amides is 1. The molecular weight excluding hydrogens is 292 g/mol. The molecule has 23 heavy (non-hydrogen) atoms. The minimum atomic E-state index is -0.397. The number of carbonyl (C=O) groups is 1. The number of carbonyl (C=O) groups excluding carboxylic acids is 1. The summed E-state index contributed by atoms with van der Waals surface area (Å²) in [6.07, 6.45) is 3.03. The van der Waals surface area contributed by atoms with Crippen molar-refractivity contribution in [1.82, 2.24) is 19.4 Å². The SMILES string of the molecule is CN1CCN(C(=O)Cn2cccnc2=O)C(c2ccccc2)C1. The minimum Gasteiger partial charge on any atom is -0.332 e. The molecule has 1 atom stereocenters. The number of hydrogen-bond donors (Lipinski definition) is 0. The van der Waals surface area contributed by atoms with Gasteiger partial charge in [-0.3, -0.25) is 9.36 Å². The van der Waals surface area contributed by atoms with Gasteiger partial charge in [-0.05, 0) is 18.7 Å². The molecule has 3 rings (SSSR count). The summed E-state index contributed by atoms with van der Waals surface area (Å²) >= 11 is 0. The second-order valence-electron chi connectivity index (χ2n) is 5.81. The van der Waals surface area contributed by atoms with E-state index in [4.69, 9.17) is 0 Å². The first-order valence-corrected chi connectivity index (χ1v) is 7.69. The molecule has 0 bridgehead atoms. The van der Waals surface area contributed by atoms with Crippen molar-refractivity contribution in [3.8, 4) is 0 Å². The molecule has 1 aromatic carbocycles. The van der Waals surface area contributed by atoms with E-state index in [9.17, 15) is 9.59 Å². The Hall–Kier alpha value is -2.47. The van der Waals surface area contributed by atoms with E-state index in [0.29, 0.717) is 6.54 Å². The van der Waals surface area contributed by atoms with Crippen LogP contribution < -0.4 is 5.69 Å². The highest BCUT2D eigenvalue weighted by Crippen LogP contribution is 2.25. The summed E-state index contributed by atoms with van der Waals surface area (Å²) in [5, 5.41) is 0. The topological polar surface area (TPSA) is 58.4 Å². The third-order valence-electron chi connectivity index (χ3n) is 4.18. The molecule has 2 heterocycles. The zero-order valence-electron chi connectivity index (χ0n) is 13.1. The Bertz CT molecular complexity index is 729. The van der Waals surface area contributed by atoms with Gasteiger partial charge in [-0.2, -0.15) is 0 Å². The van der Waals surface area contributed by atoms with E-state index in [0.717, 1.165) is 18.7 Å². The molecule has 0 saturated carbocycles. The van der Waals surface area contributed by atoms with E-state index in [1.54, 1.807) is 12.3 Å². The van der Waals surface area contributed by atoms with Crippen LogP contribution in [0.15, 0.2) is 53.6 Å². The standard InChI is InChI=1S/C17H20N4O2/c1-19-10-11-21(15(12-19)14-6-3-2-4-7-14)16(22)13-20-9-5-8-18-17(20)23/h2-9,15H,10-13H2,1H3. The second-order valence-corrected chi connectivity index (χ2v) is 5.81. The molecule has 6 heteroatoms. The van der Waals surface area contributed by atoms with E-state index in [2.05, 4.69) is 16.9 Å². The maximum Gasteiger partial charge on any atom is 0.347 e. The number of hydrogen-bond acceptors (Lipinski definition) is 4. The quantitative estimate of drug-likeness (QED) is 0.839. The Morgan fingerprint density at radius 1 is 1.22 bits per heavy atom. The van der Waals surface area contributed by atoms with Gasteiger partial charge in [-0.25, -0.2) is 9.78 Å². The average Bonchev–Trinajstić information content (AvgIpc) is 2.57. The van der Waals surface area contributed by atoms with Crippen LogP contribution in [-0.2, 0) is 11.3 Å². The fraction of sp³-hybridized carbons (Fsp3) is 0.353. The number of nitrogens with zero attached hydrogens (tertiary/aromatic N) is 4. The fourth-order valence-corrected chi connectivity index (χ4v) is 2.92. The lowest BCUT2D eigenvalue weighted by Crippen LogP contribution is -2.50. The van der Waals surface area contributed by atoms with Crippen LogP contribution in [0, 0.1) is 0 Å². The Morgan fingerprint density at radius 3 is 2.74 bits per heavy atom. The summed E-state index contributed by atoms with van der Waals surface area (Å²) in [5.41, 5.74) is 0.720. The molecule has 2 aromatic rings. The van der Waals surface area contributed by atoms with E-state index >= 15 is 0 Å². The van der Waals surface area contributed by atoms with Crippen LogP contribution in [-0.4, -0.2) is 51.9 Å². The van der Waals surface area contributed by atoms with Gasteiger partial charge in [0.05, 0.1) is 6.04 Å². The molecule has 1 aromatic heterocycles. The highest BCUT2D eigenvalue weighted by Gasteiger charge is 2.30. The Kier molecular flexibility index (Phi) is 4.52. The molecule has 1 aliphatic heterocycles. The fourth-order valence-electron chi connectivity index (χ4n) is 2.92. The van der Waals surface area contributed by atoms with Crippen molar-refractivity contribution < 1.29 is 4.79 Å². The highest BCUT2D eigenvalue weighted by atomic mass is 16.2. The van der Waals surface area contributed by atoms with Crippen molar-refractivity contribution in [2.45, 2.75) is 12.6 Å². The predicted molar refractivity (Wildman–Crippen MR) is 86.9 cm³/mol. The van der Waals surface area contributed by atoms with E-state index < -0.39 is 5.69 Å². The number of aromatic nitrogens is 2. The second kappa shape index (κ2) is 6.75. The van der Waals surface area contributed by atoms with E-state index in [-0.39, 0.29) is 18.5 Å². The average molecular weight is 312 g/mol.